The molecule has 0 spiro atoms. The Morgan fingerprint density at radius 3 is 2.42 bits per heavy atom. The Labute approximate surface area is 150 Å². The van der Waals surface area contributed by atoms with Gasteiger partial charge in [0.05, 0.1) is 5.56 Å². The van der Waals surface area contributed by atoms with E-state index in [-0.39, 0.29) is 18.1 Å². The second kappa shape index (κ2) is 6.95. The Bertz CT molecular complexity index is 834. The van der Waals surface area contributed by atoms with Gasteiger partial charge in [-0.3, -0.25) is 0 Å². The molecule has 2 aromatic carbocycles. The van der Waals surface area contributed by atoms with Crippen molar-refractivity contribution in [2.24, 2.45) is 0 Å². The molecule has 0 radical (unpaired) electrons. The van der Waals surface area contributed by atoms with Crippen molar-refractivity contribution >= 4 is 17.7 Å². The van der Waals surface area contributed by atoms with Gasteiger partial charge in [-0.25, -0.2) is 9.59 Å². The molecule has 0 fully saturated rings. The number of anilines is 1. The van der Waals surface area contributed by atoms with Crippen molar-refractivity contribution in [3.63, 3.8) is 0 Å². The number of urea groups is 1. The summed E-state index contributed by atoms with van der Waals surface area (Å²) < 4.78 is 11.5. The van der Waals surface area contributed by atoms with Crippen LogP contribution in [0.25, 0.3) is 0 Å². The van der Waals surface area contributed by atoms with Gasteiger partial charge in [-0.2, -0.15) is 0 Å². The van der Waals surface area contributed by atoms with Gasteiger partial charge in [0.1, 0.15) is 0 Å². The van der Waals surface area contributed by atoms with Crippen LogP contribution in [0.5, 0.6) is 11.5 Å². The number of rotatable bonds is 5. The summed E-state index contributed by atoms with van der Waals surface area (Å²) in [4.78, 5) is 22.9. The number of aromatic carboxylic acids is 1. The predicted octanol–water partition coefficient (Wildman–Crippen LogP) is 3.60. The highest BCUT2D eigenvalue weighted by atomic mass is 16.7. The van der Waals surface area contributed by atoms with E-state index in [0.29, 0.717) is 23.6 Å². The number of carbonyl (C=O) groups excluding carboxylic acids is 1. The Hall–Kier alpha value is -3.22. The van der Waals surface area contributed by atoms with Gasteiger partial charge in [0.25, 0.3) is 0 Å². The normalized spacial score (nSPS) is 17.6. The summed E-state index contributed by atoms with van der Waals surface area (Å²) in [6, 6.07) is 11.2. The molecule has 2 amide bonds. The maximum atomic E-state index is 12.1. The highest BCUT2D eigenvalue weighted by Gasteiger charge is 2.34. The van der Waals surface area contributed by atoms with Crippen LogP contribution in [0.2, 0.25) is 0 Å². The van der Waals surface area contributed by atoms with Crippen LogP contribution in [0.1, 0.15) is 36.2 Å². The lowest BCUT2D eigenvalue weighted by molar-refractivity contribution is -0.0640. The minimum Gasteiger partial charge on any atom is -0.478 e. The van der Waals surface area contributed by atoms with Crippen LogP contribution < -0.4 is 20.1 Å². The molecule has 1 unspecified atom stereocenters. The zero-order valence-corrected chi connectivity index (χ0v) is 14.5. The van der Waals surface area contributed by atoms with Crippen LogP contribution in [0.3, 0.4) is 0 Å². The minimum absolute atomic E-state index is 0.206. The summed E-state index contributed by atoms with van der Waals surface area (Å²) in [6.45, 7) is 4.12. The summed E-state index contributed by atoms with van der Waals surface area (Å²) in [7, 11) is 0. The summed E-state index contributed by atoms with van der Waals surface area (Å²) in [5.74, 6) is -0.412. The number of hydrogen-bond donors (Lipinski definition) is 3. The van der Waals surface area contributed by atoms with Gasteiger partial charge in [-0.1, -0.05) is 19.1 Å². The molecule has 2 aromatic rings. The fraction of sp³-hybridized carbons (Fsp3) is 0.263. The van der Waals surface area contributed by atoms with E-state index in [2.05, 4.69) is 10.6 Å². The van der Waals surface area contributed by atoms with Crippen molar-refractivity contribution in [1.29, 1.82) is 0 Å². The molecule has 0 aromatic heterocycles. The number of amides is 2. The molecule has 0 aliphatic carbocycles. The van der Waals surface area contributed by atoms with Crippen LogP contribution in [0.4, 0.5) is 10.5 Å². The van der Waals surface area contributed by atoms with Gasteiger partial charge < -0.3 is 25.2 Å². The van der Waals surface area contributed by atoms with Crippen molar-refractivity contribution in [3.05, 3.63) is 53.6 Å². The highest BCUT2D eigenvalue weighted by molar-refractivity contribution is 5.90. The third-order valence-corrected chi connectivity index (χ3v) is 4.15. The quantitative estimate of drug-likeness (QED) is 0.760. The smallest absolute Gasteiger partial charge is 0.335 e. The molecule has 3 rings (SSSR count). The minimum atomic E-state index is -0.982. The van der Waals surface area contributed by atoms with Crippen LogP contribution in [-0.2, 0) is 6.54 Å². The number of carboxylic acid groups (broad SMARTS) is 1. The zero-order chi connectivity index (χ0) is 18.7. The average Bonchev–Trinajstić information content (AvgIpc) is 2.96. The molecule has 136 valence electrons. The fourth-order valence-electron chi connectivity index (χ4n) is 2.50. The average molecular weight is 356 g/mol. The largest absolute Gasteiger partial charge is 0.478 e. The van der Waals surface area contributed by atoms with E-state index in [1.807, 2.05) is 13.8 Å². The Balaban J connectivity index is 1.56. The molecule has 1 atom stereocenters. The van der Waals surface area contributed by atoms with E-state index in [1.54, 1.807) is 30.3 Å². The second-order valence-corrected chi connectivity index (χ2v) is 6.16. The first kappa shape index (κ1) is 17.6. The maximum Gasteiger partial charge on any atom is 0.335 e. The Morgan fingerprint density at radius 2 is 1.77 bits per heavy atom. The lowest BCUT2D eigenvalue weighted by atomic mass is 10.1. The van der Waals surface area contributed by atoms with E-state index in [1.165, 1.54) is 12.1 Å². The lowest BCUT2D eigenvalue weighted by Crippen LogP contribution is -2.33. The number of ether oxygens (including phenoxy) is 2. The molecule has 1 aliphatic heterocycles. The van der Waals surface area contributed by atoms with Gasteiger partial charge in [0.15, 0.2) is 11.5 Å². The summed E-state index contributed by atoms with van der Waals surface area (Å²) in [5.41, 5.74) is 1.60. The van der Waals surface area contributed by atoms with Crippen LogP contribution >= 0.6 is 0 Å². The van der Waals surface area contributed by atoms with Crippen molar-refractivity contribution in [3.8, 4) is 11.5 Å². The van der Waals surface area contributed by atoms with Gasteiger partial charge in [0, 0.05) is 31.6 Å². The molecule has 7 heteroatoms. The first-order valence-corrected chi connectivity index (χ1v) is 8.28. The topological polar surface area (TPSA) is 96.9 Å². The summed E-state index contributed by atoms with van der Waals surface area (Å²) in [5, 5.41) is 14.3. The summed E-state index contributed by atoms with van der Waals surface area (Å²) >= 11 is 0. The number of fused-ring (bicyclic) bond motifs is 1. The number of carbonyl (C=O) groups is 2. The van der Waals surface area contributed by atoms with Crippen molar-refractivity contribution in [2.45, 2.75) is 32.6 Å². The standard InChI is InChI=1S/C19H20N2O5/c1-3-19(2)25-15-9-8-14(10-16(15)26-19)21-18(24)20-11-12-4-6-13(7-5-12)17(22)23/h4-10H,3,11H2,1-2H3,(H,22,23)(H2,20,21,24). The Kier molecular flexibility index (Phi) is 4.71. The van der Waals surface area contributed by atoms with Crippen molar-refractivity contribution in [2.75, 3.05) is 5.32 Å². The van der Waals surface area contributed by atoms with Crippen LogP contribution in [0, 0.1) is 0 Å². The number of benzene rings is 2. The van der Waals surface area contributed by atoms with E-state index in [9.17, 15) is 9.59 Å². The van der Waals surface area contributed by atoms with Gasteiger partial charge in [-0.15, -0.1) is 0 Å². The number of hydrogen-bond acceptors (Lipinski definition) is 4. The Morgan fingerprint density at radius 1 is 1.08 bits per heavy atom. The van der Waals surface area contributed by atoms with E-state index in [4.69, 9.17) is 14.6 Å². The number of nitrogens with one attached hydrogen (secondary N) is 2. The van der Waals surface area contributed by atoms with Gasteiger partial charge in [0.2, 0.25) is 5.79 Å². The molecule has 1 heterocycles. The number of carboxylic acids is 1. The first-order valence-electron chi connectivity index (χ1n) is 8.28. The van der Waals surface area contributed by atoms with Crippen LogP contribution in [0.15, 0.2) is 42.5 Å². The third-order valence-electron chi connectivity index (χ3n) is 4.15. The monoisotopic (exact) mass is 356 g/mol. The van der Waals surface area contributed by atoms with Crippen LogP contribution in [-0.4, -0.2) is 22.9 Å². The molecular formula is C19H20N2O5. The third kappa shape index (κ3) is 3.88. The van der Waals surface area contributed by atoms with Crippen molar-refractivity contribution < 1.29 is 24.2 Å². The zero-order valence-electron chi connectivity index (χ0n) is 14.5. The van der Waals surface area contributed by atoms with Gasteiger partial charge >= 0.3 is 12.0 Å². The molecule has 0 bridgehead atoms. The highest BCUT2D eigenvalue weighted by Crippen LogP contribution is 2.41. The molecule has 3 N–H and O–H groups in total. The second-order valence-electron chi connectivity index (χ2n) is 6.16. The molecular weight excluding hydrogens is 336 g/mol. The molecule has 0 saturated heterocycles. The SMILES string of the molecule is CCC1(C)Oc2ccc(NC(=O)NCc3ccc(C(=O)O)cc3)cc2O1. The van der Waals surface area contributed by atoms with Gasteiger partial charge in [-0.05, 0) is 29.8 Å². The van der Waals surface area contributed by atoms with E-state index < -0.39 is 11.8 Å². The van der Waals surface area contributed by atoms with E-state index in [0.717, 1.165) is 5.56 Å². The molecule has 0 saturated carbocycles. The van der Waals surface area contributed by atoms with Crippen molar-refractivity contribution in [1.82, 2.24) is 5.32 Å². The first-order chi connectivity index (χ1) is 12.4. The fourth-order valence-corrected chi connectivity index (χ4v) is 2.50. The lowest BCUT2D eigenvalue weighted by Gasteiger charge is -2.20. The molecule has 26 heavy (non-hydrogen) atoms. The molecule has 1 aliphatic rings. The molecule has 7 nitrogen and oxygen atoms in total. The summed E-state index contributed by atoms with van der Waals surface area (Å²) in [6.07, 6.45) is 0.700. The predicted molar refractivity (Wildman–Crippen MR) is 95.7 cm³/mol. The maximum absolute atomic E-state index is 12.1. The van der Waals surface area contributed by atoms with E-state index >= 15 is 0 Å².